The summed E-state index contributed by atoms with van der Waals surface area (Å²) in [6.45, 7) is 0.918. The predicted molar refractivity (Wildman–Crippen MR) is 67.7 cm³/mol. The molecular formula is C12H16N2O7. The maximum atomic E-state index is 11.9. The minimum atomic E-state index is -1.35. The van der Waals surface area contributed by atoms with E-state index < -0.39 is 41.9 Å². The van der Waals surface area contributed by atoms with E-state index in [2.05, 4.69) is 4.98 Å². The molecule has 2 saturated heterocycles. The van der Waals surface area contributed by atoms with Gasteiger partial charge in [0.1, 0.15) is 24.6 Å². The summed E-state index contributed by atoms with van der Waals surface area (Å²) in [5.41, 5.74) is -2.20. The second-order valence-electron chi connectivity index (χ2n) is 5.25. The first-order valence-corrected chi connectivity index (χ1v) is 6.47. The van der Waals surface area contributed by atoms with E-state index in [1.165, 1.54) is 6.20 Å². The predicted octanol–water partition coefficient (Wildman–Crippen LogP) is -2.16. The summed E-state index contributed by atoms with van der Waals surface area (Å²) in [6, 6.07) is 0. The molecule has 3 rings (SSSR count). The van der Waals surface area contributed by atoms with Gasteiger partial charge in [0.2, 0.25) is 0 Å². The number of aromatic nitrogens is 2. The molecule has 2 aliphatic rings. The van der Waals surface area contributed by atoms with Crippen LogP contribution in [0.15, 0.2) is 15.8 Å². The van der Waals surface area contributed by atoms with Gasteiger partial charge < -0.3 is 24.4 Å². The third-order valence-corrected chi connectivity index (χ3v) is 3.86. The summed E-state index contributed by atoms with van der Waals surface area (Å²) in [7, 11) is 0. The van der Waals surface area contributed by atoms with Gasteiger partial charge in [0.15, 0.2) is 6.23 Å². The molecule has 0 aromatic carbocycles. The average Bonchev–Trinajstić information content (AvgIpc) is 2.59. The Morgan fingerprint density at radius 1 is 1.52 bits per heavy atom. The number of rotatable bonds is 2. The zero-order valence-electron chi connectivity index (χ0n) is 11.3. The summed E-state index contributed by atoms with van der Waals surface area (Å²) in [5, 5.41) is 19.8. The van der Waals surface area contributed by atoms with Gasteiger partial charge >= 0.3 is 5.69 Å². The van der Waals surface area contributed by atoms with Gasteiger partial charge in [-0.25, -0.2) is 4.79 Å². The van der Waals surface area contributed by atoms with E-state index in [0.717, 1.165) is 4.57 Å². The van der Waals surface area contributed by atoms with Crippen molar-refractivity contribution in [3.63, 3.8) is 0 Å². The lowest BCUT2D eigenvalue weighted by Gasteiger charge is -2.28. The Labute approximate surface area is 118 Å². The fourth-order valence-corrected chi connectivity index (χ4v) is 2.63. The van der Waals surface area contributed by atoms with Crippen LogP contribution in [0, 0.1) is 6.92 Å². The molecule has 1 aromatic rings. The molecule has 9 nitrogen and oxygen atoms in total. The second-order valence-corrected chi connectivity index (χ2v) is 5.25. The molecule has 0 aliphatic carbocycles. The highest BCUT2D eigenvalue weighted by molar-refractivity contribution is 5.06. The standard InChI is InChI=1S/C12H16N2O7/c1-6-2-14(11(18)13-9(6)17)10-7-8(16)12(3-15,21-10)4-19-5-20-7/h2,7-8,10,15-16H,3-5H2,1H3,(H,13,17,18)/t7?,8-,10+,12-/m0/s1. The van der Waals surface area contributed by atoms with Gasteiger partial charge in [0, 0.05) is 11.8 Å². The number of aromatic amines is 1. The Morgan fingerprint density at radius 2 is 2.29 bits per heavy atom. The van der Waals surface area contributed by atoms with E-state index in [0.29, 0.717) is 5.56 Å². The van der Waals surface area contributed by atoms with Crippen molar-refractivity contribution < 1.29 is 24.4 Å². The molecular weight excluding hydrogens is 284 g/mol. The molecule has 0 amide bonds. The number of aliphatic hydroxyl groups excluding tert-OH is 2. The number of nitrogens with zero attached hydrogens (tertiary/aromatic N) is 1. The molecule has 1 aromatic heterocycles. The highest BCUT2D eigenvalue weighted by Gasteiger charge is 2.57. The van der Waals surface area contributed by atoms with Crippen LogP contribution in [-0.2, 0) is 14.2 Å². The van der Waals surface area contributed by atoms with Crippen molar-refractivity contribution in [1.29, 1.82) is 0 Å². The van der Waals surface area contributed by atoms with Crippen molar-refractivity contribution >= 4 is 0 Å². The van der Waals surface area contributed by atoms with Crippen molar-refractivity contribution in [2.24, 2.45) is 0 Å². The van der Waals surface area contributed by atoms with E-state index in [1.807, 2.05) is 0 Å². The maximum Gasteiger partial charge on any atom is 0.330 e. The van der Waals surface area contributed by atoms with Gasteiger partial charge in [-0.3, -0.25) is 14.3 Å². The minimum Gasteiger partial charge on any atom is -0.393 e. The fraction of sp³-hybridized carbons (Fsp3) is 0.667. The first-order valence-electron chi connectivity index (χ1n) is 6.47. The quantitative estimate of drug-likeness (QED) is 0.568. The van der Waals surface area contributed by atoms with Crippen LogP contribution in [0.2, 0.25) is 0 Å². The first kappa shape index (κ1) is 14.4. The summed E-state index contributed by atoms with van der Waals surface area (Å²) >= 11 is 0. The van der Waals surface area contributed by atoms with E-state index in [1.54, 1.807) is 6.92 Å². The molecule has 9 heteroatoms. The number of H-pyrrole nitrogens is 1. The highest BCUT2D eigenvalue weighted by Crippen LogP contribution is 2.40. The Balaban J connectivity index is 2.06. The smallest absolute Gasteiger partial charge is 0.330 e. The van der Waals surface area contributed by atoms with E-state index in [9.17, 15) is 19.8 Å². The molecule has 1 unspecified atom stereocenters. The SMILES string of the molecule is Cc1cn([C@@H]2O[C@@]3(CO)COCOC2[C@@H]3O)c(=O)[nH]c1=O. The molecule has 21 heavy (non-hydrogen) atoms. The monoisotopic (exact) mass is 300 g/mol. The first-order chi connectivity index (χ1) is 9.98. The zero-order valence-corrected chi connectivity index (χ0v) is 11.3. The van der Waals surface area contributed by atoms with E-state index >= 15 is 0 Å². The molecule has 0 saturated carbocycles. The molecule has 4 atom stereocenters. The van der Waals surface area contributed by atoms with Crippen LogP contribution >= 0.6 is 0 Å². The van der Waals surface area contributed by atoms with Crippen LogP contribution in [0.4, 0.5) is 0 Å². The Hall–Kier alpha value is -1.52. The van der Waals surface area contributed by atoms with Crippen LogP contribution in [0.25, 0.3) is 0 Å². The summed E-state index contributed by atoms with van der Waals surface area (Å²) in [5.74, 6) is 0. The van der Waals surface area contributed by atoms with Crippen molar-refractivity contribution in [1.82, 2.24) is 9.55 Å². The topological polar surface area (TPSA) is 123 Å². The average molecular weight is 300 g/mol. The van der Waals surface area contributed by atoms with Crippen molar-refractivity contribution in [3.8, 4) is 0 Å². The number of fused-ring (bicyclic) bond motifs is 2. The maximum absolute atomic E-state index is 11.9. The Bertz CT molecular complexity index is 654. The van der Waals surface area contributed by atoms with Crippen LogP contribution in [0.3, 0.4) is 0 Å². The lowest BCUT2D eigenvalue weighted by atomic mass is 9.97. The molecule has 3 heterocycles. The molecule has 2 aliphatic heterocycles. The van der Waals surface area contributed by atoms with Gasteiger partial charge in [-0.1, -0.05) is 0 Å². The minimum absolute atomic E-state index is 0.0608. The van der Waals surface area contributed by atoms with Crippen LogP contribution in [0.1, 0.15) is 11.8 Å². The van der Waals surface area contributed by atoms with Crippen LogP contribution < -0.4 is 11.2 Å². The molecule has 116 valence electrons. The Morgan fingerprint density at radius 3 is 3.00 bits per heavy atom. The third kappa shape index (κ3) is 2.14. The van der Waals surface area contributed by atoms with Crippen LogP contribution in [-0.4, -0.2) is 57.6 Å². The lowest BCUT2D eigenvalue weighted by molar-refractivity contribution is -0.199. The Kier molecular flexibility index (Phi) is 3.46. The highest BCUT2D eigenvalue weighted by atomic mass is 16.7. The summed E-state index contributed by atoms with van der Waals surface area (Å²) in [6.07, 6.45) is -1.67. The van der Waals surface area contributed by atoms with Gasteiger partial charge in [-0.2, -0.15) is 0 Å². The molecule has 2 bridgehead atoms. The van der Waals surface area contributed by atoms with Crippen molar-refractivity contribution in [2.45, 2.75) is 31.0 Å². The molecule has 0 radical (unpaired) electrons. The number of aliphatic hydroxyl groups is 2. The summed E-state index contributed by atoms with van der Waals surface area (Å²) in [4.78, 5) is 25.5. The number of aryl methyl sites for hydroxylation is 1. The number of hydrogen-bond donors (Lipinski definition) is 3. The fourth-order valence-electron chi connectivity index (χ4n) is 2.63. The van der Waals surface area contributed by atoms with Crippen molar-refractivity contribution in [2.75, 3.05) is 20.0 Å². The van der Waals surface area contributed by atoms with Gasteiger partial charge in [-0.05, 0) is 6.92 Å². The van der Waals surface area contributed by atoms with Crippen LogP contribution in [0.5, 0.6) is 0 Å². The van der Waals surface area contributed by atoms with Gasteiger partial charge in [-0.15, -0.1) is 0 Å². The number of ether oxygens (including phenoxy) is 3. The number of hydrogen-bond acceptors (Lipinski definition) is 7. The second kappa shape index (κ2) is 5.04. The molecule has 0 spiro atoms. The van der Waals surface area contributed by atoms with E-state index in [-0.39, 0.29) is 13.4 Å². The van der Waals surface area contributed by atoms with Gasteiger partial charge in [0.05, 0.1) is 13.2 Å². The summed E-state index contributed by atoms with van der Waals surface area (Å²) < 4.78 is 17.3. The van der Waals surface area contributed by atoms with Gasteiger partial charge in [0.25, 0.3) is 5.56 Å². The largest absolute Gasteiger partial charge is 0.393 e. The number of nitrogens with one attached hydrogen (secondary N) is 1. The third-order valence-electron chi connectivity index (χ3n) is 3.86. The molecule has 3 N–H and O–H groups in total. The lowest BCUT2D eigenvalue weighted by Crippen LogP contribution is -2.48. The normalized spacial score (nSPS) is 35.7. The zero-order chi connectivity index (χ0) is 15.2. The molecule has 2 fully saturated rings. The van der Waals surface area contributed by atoms with Crippen molar-refractivity contribution in [3.05, 3.63) is 32.6 Å². The van der Waals surface area contributed by atoms with E-state index in [4.69, 9.17) is 14.2 Å².